The summed E-state index contributed by atoms with van der Waals surface area (Å²) in [4.78, 5) is 18.9. The third-order valence-corrected chi connectivity index (χ3v) is 9.96. The van der Waals surface area contributed by atoms with Gasteiger partial charge in [0.2, 0.25) is 0 Å². The average Bonchev–Trinajstić information content (AvgIpc) is 3.52. The van der Waals surface area contributed by atoms with Crippen molar-refractivity contribution in [3.63, 3.8) is 0 Å². The summed E-state index contributed by atoms with van der Waals surface area (Å²) < 4.78 is 59.9. The molecule has 1 N–H and O–H groups in total. The minimum absolute atomic E-state index is 0.00470. The zero-order valence-electron chi connectivity index (χ0n) is 23.6. The highest BCUT2D eigenvalue weighted by atomic mass is 32.1. The van der Waals surface area contributed by atoms with Crippen LogP contribution in [0.25, 0.3) is 21.5 Å². The van der Waals surface area contributed by atoms with E-state index in [4.69, 9.17) is 19.0 Å². The van der Waals surface area contributed by atoms with Crippen LogP contribution in [-0.2, 0) is 17.5 Å². The van der Waals surface area contributed by atoms with Gasteiger partial charge < -0.3 is 24.0 Å². The van der Waals surface area contributed by atoms with Gasteiger partial charge in [-0.15, -0.1) is 0 Å². The Balaban J connectivity index is 1.14. The number of benzene rings is 2. The van der Waals surface area contributed by atoms with E-state index in [9.17, 15) is 23.1 Å². The van der Waals surface area contributed by atoms with Gasteiger partial charge in [0.25, 0.3) is 0 Å². The van der Waals surface area contributed by atoms with Crippen molar-refractivity contribution in [2.75, 3.05) is 12.0 Å². The molecule has 12 heteroatoms. The number of aromatic nitrogens is 2. The van der Waals surface area contributed by atoms with Crippen LogP contribution >= 0.6 is 11.3 Å². The van der Waals surface area contributed by atoms with Crippen LogP contribution in [0.2, 0.25) is 0 Å². The van der Waals surface area contributed by atoms with Crippen molar-refractivity contribution in [2.45, 2.75) is 75.9 Å². The first-order valence-electron chi connectivity index (χ1n) is 14.4. The smallest absolute Gasteiger partial charge is 0.417 e. The lowest BCUT2D eigenvalue weighted by Crippen LogP contribution is -2.46. The number of carbonyl (C=O) groups is 1. The summed E-state index contributed by atoms with van der Waals surface area (Å²) in [6.07, 6.45) is -0.326. The van der Waals surface area contributed by atoms with Gasteiger partial charge in [0.1, 0.15) is 22.7 Å². The number of halogens is 3. The Morgan fingerprint density at radius 1 is 1.19 bits per heavy atom. The Bertz CT molecular complexity index is 1700. The predicted octanol–water partition coefficient (Wildman–Crippen LogP) is 7.52. The minimum atomic E-state index is -4.52. The lowest BCUT2D eigenvalue weighted by Gasteiger charge is -2.39. The standard InChI is InChI=1S/C31H30F3N3O5S/c1-15-9-18-12-19(13-23(15)37(18)30-35-27-24(40-2)10-17(29(38)39)11-25(27)43-30)41-14-21-26(36-42-28(21)16-7-8-16)20-5-3-4-6-22(20)31(32,33)34/h3-6,10-11,15-16,18-19,23H,7-9,12-14H2,1-2H3,(H,38,39)/t15-,18?,19?,23?/m1/s1. The van der Waals surface area contributed by atoms with Crippen LogP contribution in [0, 0.1) is 5.92 Å². The van der Waals surface area contributed by atoms with Crippen LogP contribution in [0.5, 0.6) is 5.75 Å². The zero-order valence-corrected chi connectivity index (χ0v) is 24.4. The highest BCUT2D eigenvalue weighted by Crippen LogP contribution is 2.48. The first-order chi connectivity index (χ1) is 20.6. The van der Waals surface area contributed by atoms with E-state index in [1.807, 2.05) is 0 Å². The second-order valence-corrected chi connectivity index (χ2v) is 12.8. The summed E-state index contributed by atoms with van der Waals surface area (Å²) in [5.41, 5.74) is 0.867. The second kappa shape index (κ2) is 10.5. The number of alkyl halides is 3. The van der Waals surface area contributed by atoms with Crippen LogP contribution in [0.1, 0.15) is 72.2 Å². The molecule has 7 rings (SSSR count). The average molecular weight is 614 g/mol. The number of aromatic carboxylic acids is 1. The molecule has 8 nitrogen and oxygen atoms in total. The second-order valence-electron chi connectivity index (χ2n) is 11.8. The van der Waals surface area contributed by atoms with Crippen molar-refractivity contribution in [1.82, 2.24) is 10.1 Å². The molecule has 2 bridgehead atoms. The fraction of sp³-hybridized carbons (Fsp3) is 0.452. The lowest BCUT2D eigenvalue weighted by atomic mass is 9.97. The Kier molecular flexibility index (Phi) is 6.88. The van der Waals surface area contributed by atoms with Crippen LogP contribution in [0.3, 0.4) is 0 Å². The Morgan fingerprint density at radius 2 is 1.98 bits per heavy atom. The van der Waals surface area contributed by atoms with Crippen molar-refractivity contribution in [3.8, 4) is 17.0 Å². The molecular weight excluding hydrogens is 583 g/mol. The number of fused-ring (bicyclic) bond motifs is 3. The van der Waals surface area contributed by atoms with Gasteiger partial charge in [-0.2, -0.15) is 13.2 Å². The molecule has 4 aromatic rings. The van der Waals surface area contributed by atoms with E-state index in [0.717, 1.165) is 48.0 Å². The monoisotopic (exact) mass is 613 g/mol. The maximum Gasteiger partial charge on any atom is 0.417 e. The third kappa shape index (κ3) is 5.04. The largest absolute Gasteiger partial charge is 0.494 e. The summed E-state index contributed by atoms with van der Waals surface area (Å²) in [6, 6.07) is 8.91. The summed E-state index contributed by atoms with van der Waals surface area (Å²) >= 11 is 1.46. The molecule has 4 heterocycles. The summed E-state index contributed by atoms with van der Waals surface area (Å²) in [6.45, 7) is 2.35. The number of piperidine rings is 1. The molecule has 0 spiro atoms. The van der Waals surface area contributed by atoms with Gasteiger partial charge in [-0.1, -0.05) is 41.6 Å². The molecule has 2 aliphatic heterocycles. The zero-order chi connectivity index (χ0) is 30.0. The van der Waals surface area contributed by atoms with Gasteiger partial charge in [-0.25, -0.2) is 9.78 Å². The molecule has 3 unspecified atom stereocenters. The topological polar surface area (TPSA) is 97.9 Å². The number of rotatable bonds is 8. The molecule has 1 saturated carbocycles. The summed E-state index contributed by atoms with van der Waals surface area (Å²) in [5, 5.41) is 14.5. The number of hydrogen-bond donors (Lipinski definition) is 1. The molecule has 0 radical (unpaired) electrons. The number of ether oxygens (including phenoxy) is 2. The highest BCUT2D eigenvalue weighted by Gasteiger charge is 2.47. The van der Waals surface area contributed by atoms with Gasteiger partial charge in [0.05, 0.1) is 35.6 Å². The van der Waals surface area contributed by atoms with Crippen molar-refractivity contribution >= 4 is 32.7 Å². The van der Waals surface area contributed by atoms with E-state index < -0.39 is 17.7 Å². The van der Waals surface area contributed by atoms with Crippen LogP contribution in [0.15, 0.2) is 40.9 Å². The van der Waals surface area contributed by atoms with E-state index in [0.29, 0.717) is 28.5 Å². The van der Waals surface area contributed by atoms with Crippen molar-refractivity contribution in [3.05, 3.63) is 58.8 Å². The number of nitrogens with zero attached hydrogens (tertiary/aromatic N) is 3. The van der Waals surface area contributed by atoms with E-state index >= 15 is 0 Å². The van der Waals surface area contributed by atoms with Gasteiger partial charge in [-0.3, -0.25) is 0 Å². The van der Waals surface area contributed by atoms with Crippen LogP contribution in [-0.4, -0.2) is 46.5 Å². The molecule has 3 aliphatic rings. The molecule has 43 heavy (non-hydrogen) atoms. The van der Waals surface area contributed by atoms with Gasteiger partial charge in [0.15, 0.2) is 5.13 Å². The summed E-state index contributed by atoms with van der Waals surface area (Å²) in [5.74, 6) is 0.580. The molecule has 2 saturated heterocycles. The number of anilines is 1. The Hall–Kier alpha value is -3.64. The molecule has 2 aromatic heterocycles. The third-order valence-electron chi connectivity index (χ3n) is 8.94. The molecular formula is C31H30F3N3O5S. The first-order valence-corrected chi connectivity index (χ1v) is 15.2. The van der Waals surface area contributed by atoms with E-state index in [-0.39, 0.29) is 47.5 Å². The highest BCUT2D eigenvalue weighted by molar-refractivity contribution is 7.22. The van der Waals surface area contributed by atoms with E-state index in [1.54, 1.807) is 12.1 Å². The van der Waals surface area contributed by atoms with Gasteiger partial charge in [0, 0.05) is 29.1 Å². The normalized spacial score (nSPS) is 23.7. The molecule has 2 aromatic carbocycles. The van der Waals surface area contributed by atoms with E-state index in [1.165, 1.54) is 36.6 Å². The SMILES string of the molecule is COc1cc(C(=O)O)cc2sc(N3C4CC(OCc5c(-c6ccccc6C(F)(F)F)noc5C5CC5)CC3[C@H](C)C4)nc12. The van der Waals surface area contributed by atoms with Crippen LogP contribution < -0.4 is 9.64 Å². The maximum atomic E-state index is 13.9. The molecule has 3 fully saturated rings. The molecule has 1 aliphatic carbocycles. The van der Waals surface area contributed by atoms with Gasteiger partial charge in [-0.05, 0) is 56.2 Å². The van der Waals surface area contributed by atoms with Crippen molar-refractivity contribution in [2.24, 2.45) is 5.92 Å². The number of thiazole rings is 1. The number of methoxy groups -OCH3 is 1. The fourth-order valence-electron chi connectivity index (χ4n) is 6.76. The number of hydrogen-bond acceptors (Lipinski definition) is 8. The lowest BCUT2D eigenvalue weighted by molar-refractivity contribution is -0.137. The fourth-order valence-corrected chi connectivity index (χ4v) is 7.91. The number of carboxylic acids is 1. The van der Waals surface area contributed by atoms with E-state index in [2.05, 4.69) is 17.0 Å². The predicted molar refractivity (Wildman–Crippen MR) is 154 cm³/mol. The molecule has 226 valence electrons. The maximum absolute atomic E-state index is 13.9. The molecule has 4 atom stereocenters. The quantitative estimate of drug-likeness (QED) is 0.218. The Morgan fingerprint density at radius 3 is 2.67 bits per heavy atom. The van der Waals surface area contributed by atoms with Crippen LogP contribution in [0.4, 0.5) is 18.3 Å². The summed E-state index contributed by atoms with van der Waals surface area (Å²) in [7, 11) is 1.51. The molecule has 0 amide bonds. The van der Waals surface area contributed by atoms with Crippen molar-refractivity contribution in [1.29, 1.82) is 0 Å². The Labute approximate surface area is 249 Å². The van der Waals surface area contributed by atoms with Crippen molar-refractivity contribution < 1.29 is 37.1 Å². The minimum Gasteiger partial charge on any atom is -0.494 e. The number of carboxylic acid groups (broad SMARTS) is 1. The van der Waals surface area contributed by atoms with Gasteiger partial charge >= 0.3 is 12.1 Å². The first kappa shape index (κ1) is 28.1.